The molecule has 0 fully saturated rings. The highest BCUT2D eigenvalue weighted by molar-refractivity contribution is 5.40. The summed E-state index contributed by atoms with van der Waals surface area (Å²) >= 11 is 0. The number of pyridine rings is 1. The molecule has 0 aliphatic carbocycles. The van der Waals surface area contributed by atoms with Crippen LogP contribution in [0.15, 0.2) is 12.4 Å². The van der Waals surface area contributed by atoms with E-state index in [0.717, 1.165) is 12.4 Å². The third kappa shape index (κ3) is 0.890. The minimum absolute atomic E-state index is 0.366. The molecule has 0 saturated heterocycles. The van der Waals surface area contributed by atoms with Gasteiger partial charge in [-0.3, -0.25) is 4.98 Å². The number of nitrogens with zero attached hydrogens (tertiary/aromatic N) is 2. The molecule has 0 spiro atoms. The fraction of sp³-hybridized carbons (Fsp3) is 0. The number of aromatic hydroxyl groups is 1. The van der Waals surface area contributed by atoms with Gasteiger partial charge < -0.3 is 5.11 Å². The van der Waals surface area contributed by atoms with Crippen molar-refractivity contribution in [1.82, 2.24) is 4.98 Å². The van der Waals surface area contributed by atoms with Crippen molar-refractivity contribution < 1.29 is 9.50 Å². The van der Waals surface area contributed by atoms with Crippen LogP contribution < -0.4 is 0 Å². The lowest BCUT2D eigenvalue weighted by atomic mass is 10.2. The lowest BCUT2D eigenvalue weighted by molar-refractivity contribution is 0.462. The first-order valence-corrected chi connectivity index (χ1v) is 2.48. The molecule has 0 aromatic carbocycles. The van der Waals surface area contributed by atoms with Crippen LogP contribution in [0.3, 0.4) is 0 Å². The molecular formula is C6H3FN2O. The zero-order valence-corrected chi connectivity index (χ0v) is 4.87. The molecular weight excluding hydrogens is 135 g/mol. The van der Waals surface area contributed by atoms with Crippen LogP contribution in [0, 0.1) is 17.1 Å². The Balaban J connectivity index is 3.34. The summed E-state index contributed by atoms with van der Waals surface area (Å²) in [5, 5.41) is 17.0. The molecule has 1 rings (SSSR count). The predicted molar refractivity (Wildman–Crippen MR) is 30.6 cm³/mol. The first-order chi connectivity index (χ1) is 4.75. The number of nitriles is 1. The highest BCUT2D eigenvalue weighted by atomic mass is 19.1. The van der Waals surface area contributed by atoms with Crippen molar-refractivity contribution in [3.8, 4) is 11.8 Å². The molecule has 0 amide bonds. The minimum Gasteiger partial charge on any atom is -0.505 e. The topological polar surface area (TPSA) is 56.9 Å². The Morgan fingerprint density at radius 1 is 1.60 bits per heavy atom. The Morgan fingerprint density at radius 3 is 2.70 bits per heavy atom. The zero-order valence-electron chi connectivity index (χ0n) is 4.87. The lowest BCUT2D eigenvalue weighted by Gasteiger charge is -1.92. The van der Waals surface area contributed by atoms with Crippen molar-refractivity contribution in [2.75, 3.05) is 0 Å². The second kappa shape index (κ2) is 2.31. The molecule has 1 aromatic rings. The fourth-order valence-corrected chi connectivity index (χ4v) is 0.535. The second-order valence-corrected chi connectivity index (χ2v) is 1.63. The highest BCUT2D eigenvalue weighted by Gasteiger charge is 2.05. The van der Waals surface area contributed by atoms with E-state index in [1.807, 2.05) is 0 Å². The second-order valence-electron chi connectivity index (χ2n) is 1.63. The molecule has 1 aromatic heterocycles. The maximum absolute atomic E-state index is 12.4. The number of hydrogen-bond acceptors (Lipinski definition) is 3. The monoisotopic (exact) mass is 138 g/mol. The van der Waals surface area contributed by atoms with Crippen LogP contribution in [0.25, 0.3) is 0 Å². The Hall–Kier alpha value is -1.63. The standard InChI is InChI=1S/C6H3FN2O/c7-5-2-9-3-6(10)4(5)1-8/h2-3,10H. The summed E-state index contributed by atoms with van der Waals surface area (Å²) in [6.07, 6.45) is 1.89. The van der Waals surface area contributed by atoms with Crippen molar-refractivity contribution in [3.05, 3.63) is 23.8 Å². The van der Waals surface area contributed by atoms with Gasteiger partial charge in [0.15, 0.2) is 11.6 Å². The van der Waals surface area contributed by atoms with E-state index < -0.39 is 11.6 Å². The molecule has 4 heteroatoms. The van der Waals surface area contributed by atoms with Crippen LogP contribution in [0.4, 0.5) is 4.39 Å². The van der Waals surface area contributed by atoms with Gasteiger partial charge in [-0.05, 0) is 0 Å². The average Bonchev–Trinajstić information content (AvgIpc) is 1.88. The number of rotatable bonds is 0. The Kier molecular flexibility index (Phi) is 1.50. The summed E-state index contributed by atoms with van der Waals surface area (Å²) in [4.78, 5) is 3.32. The average molecular weight is 138 g/mol. The van der Waals surface area contributed by atoms with Crippen LogP contribution >= 0.6 is 0 Å². The van der Waals surface area contributed by atoms with E-state index in [9.17, 15) is 4.39 Å². The Bertz CT molecular complexity index is 272. The van der Waals surface area contributed by atoms with Crippen molar-refractivity contribution in [2.45, 2.75) is 0 Å². The molecule has 1 heterocycles. The number of aromatic nitrogens is 1. The smallest absolute Gasteiger partial charge is 0.163 e. The van der Waals surface area contributed by atoms with E-state index in [0.29, 0.717) is 0 Å². The largest absolute Gasteiger partial charge is 0.505 e. The van der Waals surface area contributed by atoms with E-state index in [2.05, 4.69) is 4.98 Å². The van der Waals surface area contributed by atoms with Gasteiger partial charge in [-0.1, -0.05) is 0 Å². The molecule has 0 atom stereocenters. The van der Waals surface area contributed by atoms with E-state index >= 15 is 0 Å². The SMILES string of the molecule is N#Cc1c(O)cncc1F. The van der Waals surface area contributed by atoms with Crippen LogP contribution in [0.5, 0.6) is 5.75 Å². The molecule has 3 nitrogen and oxygen atoms in total. The Labute approximate surface area is 56.4 Å². The molecule has 0 radical (unpaired) electrons. The summed E-state index contributed by atoms with van der Waals surface area (Å²) in [6, 6.07) is 1.50. The van der Waals surface area contributed by atoms with Crippen molar-refractivity contribution >= 4 is 0 Å². The van der Waals surface area contributed by atoms with Gasteiger partial charge in [0.1, 0.15) is 11.6 Å². The van der Waals surface area contributed by atoms with Gasteiger partial charge in [-0.25, -0.2) is 4.39 Å². The van der Waals surface area contributed by atoms with Gasteiger partial charge in [-0.2, -0.15) is 5.26 Å². The maximum Gasteiger partial charge on any atom is 0.163 e. The summed E-state index contributed by atoms with van der Waals surface area (Å²) < 4.78 is 12.4. The fourth-order valence-electron chi connectivity index (χ4n) is 0.535. The summed E-state index contributed by atoms with van der Waals surface area (Å²) in [7, 11) is 0. The van der Waals surface area contributed by atoms with Crippen molar-refractivity contribution in [3.63, 3.8) is 0 Å². The van der Waals surface area contributed by atoms with E-state index in [1.165, 1.54) is 6.07 Å². The summed E-state index contributed by atoms with van der Waals surface area (Å²) in [5.74, 6) is -1.23. The number of halogens is 1. The summed E-state index contributed by atoms with van der Waals surface area (Å²) in [6.45, 7) is 0. The molecule has 1 N–H and O–H groups in total. The third-order valence-electron chi connectivity index (χ3n) is 0.991. The molecule has 0 unspecified atom stereocenters. The van der Waals surface area contributed by atoms with E-state index in [4.69, 9.17) is 10.4 Å². The predicted octanol–water partition coefficient (Wildman–Crippen LogP) is 0.798. The first kappa shape index (κ1) is 6.49. The van der Waals surface area contributed by atoms with Crippen LogP contribution in [0.1, 0.15) is 5.56 Å². The van der Waals surface area contributed by atoms with Crippen LogP contribution in [-0.2, 0) is 0 Å². The summed E-state index contributed by atoms with van der Waals surface area (Å²) in [5.41, 5.74) is -0.366. The molecule has 0 aliphatic heterocycles. The number of hydrogen-bond donors (Lipinski definition) is 1. The zero-order chi connectivity index (χ0) is 7.56. The minimum atomic E-state index is -0.803. The van der Waals surface area contributed by atoms with Gasteiger partial charge in [0.2, 0.25) is 0 Å². The van der Waals surface area contributed by atoms with E-state index in [1.54, 1.807) is 0 Å². The van der Waals surface area contributed by atoms with Gasteiger partial charge >= 0.3 is 0 Å². The molecule has 0 aliphatic rings. The van der Waals surface area contributed by atoms with E-state index in [-0.39, 0.29) is 5.56 Å². The highest BCUT2D eigenvalue weighted by Crippen LogP contribution is 2.15. The van der Waals surface area contributed by atoms with Gasteiger partial charge in [0, 0.05) is 0 Å². The maximum atomic E-state index is 12.4. The molecule has 0 bridgehead atoms. The third-order valence-corrected chi connectivity index (χ3v) is 0.991. The lowest BCUT2D eigenvalue weighted by Crippen LogP contribution is -1.85. The van der Waals surface area contributed by atoms with Crippen molar-refractivity contribution in [2.24, 2.45) is 0 Å². The van der Waals surface area contributed by atoms with Crippen LogP contribution in [0.2, 0.25) is 0 Å². The quantitative estimate of drug-likeness (QED) is 0.576. The molecule has 10 heavy (non-hydrogen) atoms. The van der Waals surface area contributed by atoms with Gasteiger partial charge in [-0.15, -0.1) is 0 Å². The van der Waals surface area contributed by atoms with Crippen LogP contribution in [-0.4, -0.2) is 10.1 Å². The normalized spacial score (nSPS) is 8.80. The molecule has 50 valence electrons. The first-order valence-electron chi connectivity index (χ1n) is 2.48. The van der Waals surface area contributed by atoms with Gasteiger partial charge in [0.05, 0.1) is 12.4 Å². The van der Waals surface area contributed by atoms with Gasteiger partial charge in [0.25, 0.3) is 0 Å². The van der Waals surface area contributed by atoms with Crippen molar-refractivity contribution in [1.29, 1.82) is 5.26 Å². The Morgan fingerprint density at radius 2 is 2.30 bits per heavy atom. The molecule has 0 saturated carbocycles.